The SMILES string of the molecule is Cc1ccc(Br)c(NCCCC(C)(C)/C(N)=N/O)c1. The minimum absolute atomic E-state index is 0.278. The third-order valence-corrected chi connectivity index (χ3v) is 3.91. The van der Waals surface area contributed by atoms with Gasteiger partial charge in [0.1, 0.15) is 5.84 Å². The molecule has 1 aromatic carbocycles. The van der Waals surface area contributed by atoms with Gasteiger partial charge in [-0.15, -0.1) is 0 Å². The molecule has 106 valence electrons. The van der Waals surface area contributed by atoms with Gasteiger partial charge in [-0.2, -0.15) is 0 Å². The molecule has 19 heavy (non-hydrogen) atoms. The Kier molecular flexibility index (Phi) is 5.66. The Balaban J connectivity index is 2.45. The van der Waals surface area contributed by atoms with E-state index < -0.39 is 0 Å². The van der Waals surface area contributed by atoms with E-state index >= 15 is 0 Å². The number of nitrogens with zero attached hydrogens (tertiary/aromatic N) is 1. The van der Waals surface area contributed by atoms with Crippen molar-refractivity contribution in [3.05, 3.63) is 28.2 Å². The summed E-state index contributed by atoms with van der Waals surface area (Å²) in [5, 5.41) is 15.2. The van der Waals surface area contributed by atoms with Crippen LogP contribution in [-0.2, 0) is 0 Å². The summed E-state index contributed by atoms with van der Waals surface area (Å²) in [5.74, 6) is 0.282. The minimum atomic E-state index is -0.278. The van der Waals surface area contributed by atoms with Gasteiger partial charge >= 0.3 is 0 Å². The molecule has 0 unspecified atom stereocenters. The number of hydrogen-bond donors (Lipinski definition) is 3. The van der Waals surface area contributed by atoms with E-state index in [9.17, 15) is 0 Å². The van der Waals surface area contributed by atoms with Crippen LogP contribution in [0.25, 0.3) is 0 Å². The van der Waals surface area contributed by atoms with E-state index in [4.69, 9.17) is 10.9 Å². The van der Waals surface area contributed by atoms with Crippen molar-refractivity contribution in [3.8, 4) is 0 Å². The number of nitrogens with two attached hydrogens (primary N) is 1. The quantitative estimate of drug-likeness (QED) is 0.245. The lowest BCUT2D eigenvalue weighted by Gasteiger charge is -2.22. The number of hydrogen-bond acceptors (Lipinski definition) is 3. The van der Waals surface area contributed by atoms with E-state index in [1.54, 1.807) is 0 Å². The lowest BCUT2D eigenvalue weighted by molar-refractivity contribution is 0.305. The normalized spacial score (nSPS) is 12.5. The maximum absolute atomic E-state index is 8.71. The Labute approximate surface area is 123 Å². The fourth-order valence-electron chi connectivity index (χ4n) is 1.79. The summed E-state index contributed by atoms with van der Waals surface area (Å²) in [4.78, 5) is 0. The van der Waals surface area contributed by atoms with Gasteiger partial charge in [0.15, 0.2) is 0 Å². The van der Waals surface area contributed by atoms with Crippen LogP contribution in [0.5, 0.6) is 0 Å². The van der Waals surface area contributed by atoms with Crippen molar-refractivity contribution in [2.24, 2.45) is 16.3 Å². The van der Waals surface area contributed by atoms with Crippen LogP contribution in [0, 0.1) is 12.3 Å². The van der Waals surface area contributed by atoms with Crippen molar-refractivity contribution in [3.63, 3.8) is 0 Å². The number of amidine groups is 1. The first-order valence-corrected chi connectivity index (χ1v) is 7.14. The van der Waals surface area contributed by atoms with Crippen molar-refractivity contribution in [2.45, 2.75) is 33.6 Å². The van der Waals surface area contributed by atoms with Gasteiger partial charge in [0, 0.05) is 22.1 Å². The zero-order valence-electron chi connectivity index (χ0n) is 11.7. The number of halogens is 1. The molecule has 4 N–H and O–H groups in total. The van der Waals surface area contributed by atoms with Gasteiger partial charge in [-0.25, -0.2) is 0 Å². The second-order valence-corrected chi connectivity index (χ2v) is 6.24. The highest BCUT2D eigenvalue weighted by molar-refractivity contribution is 9.10. The summed E-state index contributed by atoms with van der Waals surface area (Å²) in [6.45, 7) is 6.87. The van der Waals surface area contributed by atoms with Gasteiger partial charge < -0.3 is 16.3 Å². The highest BCUT2D eigenvalue weighted by Crippen LogP contribution is 2.25. The van der Waals surface area contributed by atoms with Gasteiger partial charge in [0.2, 0.25) is 0 Å². The van der Waals surface area contributed by atoms with E-state index in [0.29, 0.717) is 0 Å². The number of benzene rings is 1. The molecule has 0 fully saturated rings. The van der Waals surface area contributed by atoms with Crippen LogP contribution in [0.4, 0.5) is 5.69 Å². The summed E-state index contributed by atoms with van der Waals surface area (Å²) < 4.78 is 1.06. The van der Waals surface area contributed by atoms with E-state index in [2.05, 4.69) is 45.5 Å². The highest BCUT2D eigenvalue weighted by Gasteiger charge is 2.22. The summed E-state index contributed by atoms with van der Waals surface area (Å²) in [6, 6.07) is 6.22. The van der Waals surface area contributed by atoms with Gasteiger partial charge in [0.25, 0.3) is 0 Å². The minimum Gasteiger partial charge on any atom is -0.409 e. The second kappa shape index (κ2) is 6.80. The molecular formula is C14H22BrN3O. The van der Waals surface area contributed by atoms with Crippen LogP contribution in [-0.4, -0.2) is 17.6 Å². The Bertz CT molecular complexity index is 458. The largest absolute Gasteiger partial charge is 0.409 e. The van der Waals surface area contributed by atoms with Crippen molar-refractivity contribution >= 4 is 27.5 Å². The van der Waals surface area contributed by atoms with Crippen molar-refractivity contribution in [2.75, 3.05) is 11.9 Å². The van der Waals surface area contributed by atoms with E-state index in [1.807, 2.05) is 19.9 Å². The fraction of sp³-hybridized carbons (Fsp3) is 0.500. The maximum atomic E-state index is 8.71. The molecule has 0 spiro atoms. The molecule has 0 saturated carbocycles. The molecule has 0 atom stereocenters. The Hall–Kier alpha value is -1.23. The molecule has 1 aromatic rings. The zero-order chi connectivity index (χ0) is 14.5. The second-order valence-electron chi connectivity index (χ2n) is 5.38. The summed E-state index contributed by atoms with van der Waals surface area (Å²) in [6.07, 6.45) is 1.81. The number of nitrogens with one attached hydrogen (secondary N) is 1. The smallest absolute Gasteiger partial charge is 0.144 e. The van der Waals surface area contributed by atoms with Gasteiger partial charge in [0.05, 0.1) is 0 Å². The molecule has 0 aromatic heterocycles. The van der Waals surface area contributed by atoms with Gasteiger partial charge in [-0.3, -0.25) is 0 Å². The molecular weight excluding hydrogens is 306 g/mol. The molecule has 0 bridgehead atoms. The number of oxime groups is 1. The molecule has 5 heteroatoms. The van der Waals surface area contributed by atoms with Gasteiger partial charge in [-0.1, -0.05) is 25.1 Å². The van der Waals surface area contributed by atoms with Crippen molar-refractivity contribution in [1.82, 2.24) is 0 Å². The fourth-order valence-corrected chi connectivity index (χ4v) is 2.18. The summed E-state index contributed by atoms with van der Waals surface area (Å²) in [5.41, 5.74) is 7.71. The molecule has 0 aliphatic rings. The van der Waals surface area contributed by atoms with Crippen LogP contribution in [0.3, 0.4) is 0 Å². The number of rotatable bonds is 6. The molecule has 0 aliphatic carbocycles. The van der Waals surface area contributed by atoms with Crippen LogP contribution in [0.15, 0.2) is 27.8 Å². The Morgan fingerprint density at radius 3 is 2.79 bits per heavy atom. The average molecular weight is 328 g/mol. The lowest BCUT2D eigenvalue weighted by Crippen LogP contribution is -2.32. The van der Waals surface area contributed by atoms with Crippen LogP contribution in [0.2, 0.25) is 0 Å². The molecule has 4 nitrogen and oxygen atoms in total. The monoisotopic (exact) mass is 327 g/mol. The first kappa shape index (κ1) is 15.8. The predicted octanol–water partition coefficient (Wildman–Crippen LogP) is 3.72. The van der Waals surface area contributed by atoms with Crippen LogP contribution in [0.1, 0.15) is 32.3 Å². The van der Waals surface area contributed by atoms with E-state index in [1.165, 1.54) is 5.56 Å². The standard InChI is InChI=1S/C14H22BrN3O/c1-10-5-6-11(15)12(9-10)17-8-4-7-14(2,3)13(16)18-19/h5-6,9,17,19H,4,7-8H2,1-3H3,(H2,16,18). The van der Waals surface area contributed by atoms with Gasteiger partial charge in [-0.05, 0) is 53.4 Å². The highest BCUT2D eigenvalue weighted by atomic mass is 79.9. The Morgan fingerprint density at radius 1 is 1.47 bits per heavy atom. The third kappa shape index (κ3) is 4.74. The summed E-state index contributed by atoms with van der Waals surface area (Å²) >= 11 is 3.52. The van der Waals surface area contributed by atoms with E-state index in [-0.39, 0.29) is 11.3 Å². The Morgan fingerprint density at radius 2 is 2.16 bits per heavy atom. The molecule has 0 saturated heterocycles. The first-order valence-electron chi connectivity index (χ1n) is 6.35. The number of aryl methyl sites for hydroxylation is 1. The van der Waals surface area contributed by atoms with Crippen LogP contribution >= 0.6 is 15.9 Å². The molecule has 0 heterocycles. The van der Waals surface area contributed by atoms with Crippen molar-refractivity contribution in [1.29, 1.82) is 0 Å². The molecule has 1 rings (SSSR count). The van der Waals surface area contributed by atoms with E-state index in [0.717, 1.165) is 29.5 Å². The lowest BCUT2D eigenvalue weighted by atomic mass is 9.86. The summed E-state index contributed by atoms with van der Waals surface area (Å²) in [7, 11) is 0. The average Bonchev–Trinajstić information content (AvgIpc) is 2.37. The predicted molar refractivity (Wildman–Crippen MR) is 83.8 cm³/mol. The first-order chi connectivity index (χ1) is 8.86. The van der Waals surface area contributed by atoms with Crippen molar-refractivity contribution < 1.29 is 5.21 Å². The molecule has 0 aliphatic heterocycles. The van der Waals surface area contributed by atoms with Crippen LogP contribution < -0.4 is 11.1 Å². The third-order valence-electron chi connectivity index (χ3n) is 3.22. The zero-order valence-corrected chi connectivity index (χ0v) is 13.3. The maximum Gasteiger partial charge on any atom is 0.144 e. The number of anilines is 1. The topological polar surface area (TPSA) is 70.6 Å². The molecule has 0 radical (unpaired) electrons. The molecule has 0 amide bonds.